The van der Waals surface area contributed by atoms with Crippen molar-refractivity contribution in [1.29, 1.82) is 0 Å². The van der Waals surface area contributed by atoms with Crippen molar-refractivity contribution >= 4 is 11.8 Å². The van der Waals surface area contributed by atoms with Gasteiger partial charge in [0.2, 0.25) is 0 Å². The van der Waals surface area contributed by atoms with Gasteiger partial charge in [-0.2, -0.15) is 11.8 Å². The molecule has 96 valence electrons. The molecule has 0 aromatic carbocycles. The fourth-order valence-electron chi connectivity index (χ4n) is 2.49. The van der Waals surface area contributed by atoms with E-state index >= 15 is 0 Å². The maximum absolute atomic E-state index is 6.02. The van der Waals surface area contributed by atoms with Gasteiger partial charge in [0.15, 0.2) is 0 Å². The third-order valence-electron chi connectivity index (χ3n) is 3.45. The van der Waals surface area contributed by atoms with Gasteiger partial charge in [-0.05, 0) is 19.9 Å². The first-order valence-corrected chi connectivity index (χ1v) is 7.38. The average Bonchev–Trinajstić information content (AvgIpc) is 2.68. The lowest BCUT2D eigenvalue weighted by atomic mass is 9.94. The Balaban J connectivity index is 2.54. The van der Waals surface area contributed by atoms with Gasteiger partial charge in [0.05, 0.1) is 6.61 Å². The minimum absolute atomic E-state index is 0.218. The van der Waals surface area contributed by atoms with Crippen LogP contribution in [0.1, 0.15) is 27.2 Å². The molecule has 0 radical (unpaired) electrons. The van der Waals surface area contributed by atoms with E-state index < -0.39 is 0 Å². The molecule has 1 aliphatic rings. The van der Waals surface area contributed by atoms with Crippen LogP contribution in [0.2, 0.25) is 0 Å². The molecule has 1 rings (SSSR count). The molecule has 3 nitrogen and oxygen atoms in total. The van der Waals surface area contributed by atoms with Gasteiger partial charge in [0.25, 0.3) is 0 Å². The van der Waals surface area contributed by atoms with Crippen LogP contribution in [0.4, 0.5) is 0 Å². The van der Waals surface area contributed by atoms with E-state index in [-0.39, 0.29) is 5.54 Å². The van der Waals surface area contributed by atoms with Crippen molar-refractivity contribution in [2.75, 3.05) is 38.6 Å². The second-order valence-electron chi connectivity index (χ2n) is 4.53. The molecule has 1 aliphatic heterocycles. The van der Waals surface area contributed by atoms with Gasteiger partial charge in [0.1, 0.15) is 0 Å². The predicted octanol–water partition coefficient (Wildman–Crippen LogP) is 1.57. The molecule has 1 heterocycles. The Labute approximate surface area is 104 Å². The van der Waals surface area contributed by atoms with Crippen LogP contribution in [0.25, 0.3) is 0 Å². The number of nitrogens with two attached hydrogens (primary N) is 1. The summed E-state index contributed by atoms with van der Waals surface area (Å²) in [6.07, 6.45) is 1.22. The maximum Gasteiger partial charge on any atom is 0.0593 e. The highest BCUT2D eigenvalue weighted by atomic mass is 32.2. The molecule has 2 N–H and O–H groups in total. The summed E-state index contributed by atoms with van der Waals surface area (Å²) < 4.78 is 5.45. The lowest BCUT2D eigenvalue weighted by Crippen LogP contribution is -2.55. The van der Waals surface area contributed by atoms with Gasteiger partial charge in [-0.3, -0.25) is 4.90 Å². The molecule has 0 spiro atoms. The van der Waals surface area contributed by atoms with E-state index in [2.05, 4.69) is 18.7 Å². The summed E-state index contributed by atoms with van der Waals surface area (Å²) in [7, 11) is 0. The number of rotatable bonds is 7. The maximum atomic E-state index is 6.02. The molecule has 0 amide bonds. The topological polar surface area (TPSA) is 38.5 Å². The summed E-state index contributed by atoms with van der Waals surface area (Å²) in [6.45, 7) is 11.0. The van der Waals surface area contributed by atoms with E-state index in [1.165, 1.54) is 12.2 Å². The predicted molar refractivity (Wildman–Crippen MR) is 72.1 cm³/mol. The molecular formula is C12H26N2OS. The number of hydrogen-bond acceptors (Lipinski definition) is 4. The summed E-state index contributed by atoms with van der Waals surface area (Å²) in [5.41, 5.74) is 6.23. The number of thioether (sulfide) groups is 1. The van der Waals surface area contributed by atoms with Crippen LogP contribution in [0.15, 0.2) is 0 Å². The summed E-state index contributed by atoms with van der Waals surface area (Å²) in [5, 5.41) is 0.740. The van der Waals surface area contributed by atoms with Crippen molar-refractivity contribution in [2.24, 2.45) is 5.73 Å². The minimum Gasteiger partial charge on any atom is -0.380 e. The van der Waals surface area contributed by atoms with Crippen molar-refractivity contribution in [3.05, 3.63) is 0 Å². The highest BCUT2D eigenvalue weighted by Crippen LogP contribution is 2.37. The fraction of sp³-hybridized carbons (Fsp3) is 1.00. The van der Waals surface area contributed by atoms with Crippen LogP contribution in [0, 0.1) is 0 Å². The van der Waals surface area contributed by atoms with Crippen LogP contribution < -0.4 is 5.73 Å². The summed E-state index contributed by atoms with van der Waals surface area (Å²) in [4.78, 5) is 2.51. The first-order valence-electron chi connectivity index (χ1n) is 6.33. The lowest BCUT2D eigenvalue weighted by molar-refractivity contribution is 0.0625. The van der Waals surface area contributed by atoms with E-state index in [1.54, 1.807) is 0 Å². The number of nitrogens with zero attached hydrogens (tertiary/aromatic N) is 1. The molecule has 0 aromatic rings. The van der Waals surface area contributed by atoms with Crippen LogP contribution in [0.3, 0.4) is 0 Å². The zero-order chi connectivity index (χ0) is 12.0. The molecule has 0 bridgehead atoms. The van der Waals surface area contributed by atoms with Crippen molar-refractivity contribution < 1.29 is 4.74 Å². The Hall–Kier alpha value is 0.230. The minimum atomic E-state index is 0.218. The van der Waals surface area contributed by atoms with Crippen molar-refractivity contribution in [1.82, 2.24) is 4.90 Å². The van der Waals surface area contributed by atoms with Gasteiger partial charge in [-0.1, -0.05) is 13.8 Å². The molecule has 1 saturated heterocycles. The van der Waals surface area contributed by atoms with Crippen LogP contribution in [-0.4, -0.2) is 54.3 Å². The molecule has 0 aromatic heterocycles. The third-order valence-corrected chi connectivity index (χ3v) is 4.89. The molecule has 1 fully saturated rings. The lowest BCUT2D eigenvalue weighted by Gasteiger charge is -2.39. The summed E-state index contributed by atoms with van der Waals surface area (Å²) >= 11 is 2.05. The van der Waals surface area contributed by atoms with Crippen molar-refractivity contribution in [3.8, 4) is 0 Å². The number of ether oxygens (including phenoxy) is 1. The second-order valence-corrected chi connectivity index (χ2v) is 5.96. The zero-order valence-corrected chi connectivity index (χ0v) is 11.7. The standard InChI is InChI=1S/C12H26N2OS/c1-4-14(6-7-15-5-2)12(9-13)8-11(3)16-10-12/h11H,4-10,13H2,1-3H3. The molecule has 16 heavy (non-hydrogen) atoms. The van der Waals surface area contributed by atoms with Gasteiger partial charge >= 0.3 is 0 Å². The van der Waals surface area contributed by atoms with Crippen molar-refractivity contribution in [2.45, 2.75) is 38.0 Å². The summed E-state index contributed by atoms with van der Waals surface area (Å²) in [5.74, 6) is 1.17. The van der Waals surface area contributed by atoms with Crippen LogP contribution in [-0.2, 0) is 4.74 Å². The van der Waals surface area contributed by atoms with Crippen LogP contribution in [0.5, 0.6) is 0 Å². The van der Waals surface area contributed by atoms with E-state index in [0.717, 1.165) is 38.1 Å². The summed E-state index contributed by atoms with van der Waals surface area (Å²) in [6, 6.07) is 0. The molecule has 4 heteroatoms. The number of likely N-dealkylation sites (N-methyl/N-ethyl adjacent to an activating group) is 1. The SMILES string of the molecule is CCOCCN(CC)C1(CN)CSC(C)C1. The smallest absolute Gasteiger partial charge is 0.0593 e. The first-order chi connectivity index (χ1) is 7.68. The highest BCUT2D eigenvalue weighted by molar-refractivity contribution is 8.00. The fourth-order valence-corrected chi connectivity index (χ4v) is 3.93. The van der Waals surface area contributed by atoms with Crippen molar-refractivity contribution in [3.63, 3.8) is 0 Å². The third kappa shape index (κ3) is 3.36. The Morgan fingerprint density at radius 2 is 2.25 bits per heavy atom. The molecule has 0 saturated carbocycles. The second kappa shape index (κ2) is 6.84. The van der Waals surface area contributed by atoms with Gasteiger partial charge in [0, 0.05) is 36.2 Å². The van der Waals surface area contributed by atoms with E-state index in [4.69, 9.17) is 10.5 Å². The van der Waals surface area contributed by atoms with E-state index in [1.807, 2.05) is 18.7 Å². The Bertz CT molecular complexity index is 203. The molecule has 2 atom stereocenters. The Morgan fingerprint density at radius 1 is 1.50 bits per heavy atom. The van der Waals surface area contributed by atoms with Gasteiger partial charge in [-0.15, -0.1) is 0 Å². The van der Waals surface area contributed by atoms with Gasteiger partial charge < -0.3 is 10.5 Å². The van der Waals surface area contributed by atoms with Gasteiger partial charge in [-0.25, -0.2) is 0 Å². The Kier molecular flexibility index (Phi) is 6.11. The number of hydrogen-bond donors (Lipinski definition) is 1. The quantitative estimate of drug-likeness (QED) is 0.692. The molecule has 2 unspecified atom stereocenters. The highest BCUT2D eigenvalue weighted by Gasteiger charge is 2.40. The van der Waals surface area contributed by atoms with E-state index in [9.17, 15) is 0 Å². The normalized spacial score (nSPS) is 30.2. The largest absolute Gasteiger partial charge is 0.380 e. The molecular weight excluding hydrogens is 220 g/mol. The zero-order valence-electron chi connectivity index (χ0n) is 10.9. The van der Waals surface area contributed by atoms with E-state index in [0.29, 0.717) is 0 Å². The molecule has 0 aliphatic carbocycles. The monoisotopic (exact) mass is 246 g/mol. The Morgan fingerprint density at radius 3 is 2.69 bits per heavy atom. The van der Waals surface area contributed by atoms with Crippen LogP contribution >= 0.6 is 11.8 Å². The first kappa shape index (κ1) is 14.3. The average molecular weight is 246 g/mol.